The van der Waals surface area contributed by atoms with Gasteiger partial charge in [-0.25, -0.2) is 9.59 Å². The first-order valence-corrected chi connectivity index (χ1v) is 30.6. The zero-order valence-electron chi connectivity index (χ0n) is 43.9. The molecule has 0 saturated heterocycles. The quantitative estimate of drug-likeness (QED) is 0.0157. The highest BCUT2D eigenvalue weighted by Crippen LogP contribution is 2.56. The van der Waals surface area contributed by atoms with Crippen molar-refractivity contribution in [3.63, 3.8) is 0 Å². The van der Waals surface area contributed by atoms with Crippen molar-refractivity contribution in [1.82, 2.24) is 10.6 Å². The van der Waals surface area contributed by atoms with Crippen LogP contribution in [0.3, 0.4) is 0 Å². The molecule has 3 aliphatic rings. The number of nitrogens with one attached hydrogen (secondary N) is 2. The van der Waals surface area contributed by atoms with E-state index in [4.69, 9.17) is 51.2 Å². The van der Waals surface area contributed by atoms with Crippen molar-refractivity contribution < 1.29 is 79.9 Å². The van der Waals surface area contributed by atoms with Gasteiger partial charge in [0.2, 0.25) is 0 Å². The summed E-state index contributed by atoms with van der Waals surface area (Å²) in [5, 5.41) is 5.59. The summed E-state index contributed by atoms with van der Waals surface area (Å²) in [6, 6.07) is 5.21. The zero-order valence-corrected chi connectivity index (χ0v) is 45.9. The summed E-state index contributed by atoms with van der Waals surface area (Å²) in [5.74, 6) is -3.37. The molecule has 0 aromatic carbocycles. The number of hydrogen-bond donors (Lipinski definition) is 2. The van der Waals surface area contributed by atoms with Crippen LogP contribution in [0, 0.1) is 34.5 Å². The second-order valence-corrected chi connectivity index (χ2v) is 27.2. The summed E-state index contributed by atoms with van der Waals surface area (Å²) >= 11 is 0. The summed E-state index contributed by atoms with van der Waals surface area (Å²) in [6.07, 6.45) is 4.90. The minimum atomic E-state index is -2.91. The molecular weight excluding hydrogens is 957 g/mol. The minimum Gasteiger partial charge on any atom is -0.468 e. The highest BCUT2D eigenvalue weighted by Gasteiger charge is 2.68. The van der Waals surface area contributed by atoms with E-state index in [1.165, 1.54) is 44.5 Å². The first-order valence-electron chi connectivity index (χ1n) is 25.8. The average Bonchev–Trinajstić information content (AvgIpc) is 4.31. The Balaban J connectivity index is 1.54. The monoisotopic (exact) mass is 1040 g/mol. The van der Waals surface area contributed by atoms with Gasteiger partial charge >= 0.3 is 44.9 Å². The van der Waals surface area contributed by atoms with Crippen LogP contribution in [0.4, 0.5) is 9.59 Å². The molecule has 406 valence electrons. The number of rotatable bonds is 37. The smallest absolute Gasteiger partial charge is 0.468 e. The Morgan fingerprint density at radius 2 is 0.958 bits per heavy atom. The molecule has 0 radical (unpaired) electrons. The van der Waals surface area contributed by atoms with Crippen molar-refractivity contribution in [2.75, 3.05) is 86.8 Å². The Morgan fingerprint density at radius 3 is 1.28 bits per heavy atom. The van der Waals surface area contributed by atoms with Crippen molar-refractivity contribution in [3.05, 3.63) is 25.3 Å². The Bertz CT molecular complexity index is 1690. The van der Waals surface area contributed by atoms with Gasteiger partial charge in [0.25, 0.3) is 0 Å². The van der Waals surface area contributed by atoms with E-state index in [1.54, 1.807) is 0 Å². The SMILES string of the molecule is C=CC1CC1(C(=O)OC)C(=O)OCC(COCC1CCC(COCC(COC(=O)C2(C(=O)OC)CC2C=C)OC(=O)NCCC[Si](OCC)(OCC)OCC)CC1)OC(=O)NCCC[Si](CC)(CC)CC. The molecule has 21 heteroatoms. The number of alkyl carbamates (subject to hydrolysis) is 2. The normalized spacial score (nSPS) is 23.5. The van der Waals surface area contributed by atoms with Crippen LogP contribution in [-0.4, -0.2) is 152 Å². The van der Waals surface area contributed by atoms with E-state index in [9.17, 15) is 28.8 Å². The molecule has 0 aromatic heterocycles. The molecular formula is C50H86N2O17Si2. The van der Waals surface area contributed by atoms with Crippen LogP contribution >= 0.6 is 0 Å². The van der Waals surface area contributed by atoms with E-state index in [0.717, 1.165) is 38.1 Å². The van der Waals surface area contributed by atoms with Gasteiger partial charge in [-0.1, -0.05) is 57.1 Å². The number of methoxy groups -OCH3 is 2. The number of carbonyl (C=O) groups is 6. The minimum absolute atomic E-state index is 0.0256. The number of esters is 4. The Morgan fingerprint density at radius 1 is 0.577 bits per heavy atom. The predicted octanol–water partition coefficient (Wildman–Crippen LogP) is 7.17. The van der Waals surface area contributed by atoms with Crippen molar-refractivity contribution in [3.8, 4) is 0 Å². The maximum atomic E-state index is 13.2. The molecule has 2 N–H and O–H groups in total. The van der Waals surface area contributed by atoms with E-state index < -0.39 is 87.8 Å². The molecule has 19 nitrogen and oxygen atoms in total. The molecule has 3 rings (SSSR count). The first-order chi connectivity index (χ1) is 34.1. The number of ether oxygens (including phenoxy) is 8. The molecule has 2 amide bonds. The van der Waals surface area contributed by atoms with Crippen LogP contribution in [0.25, 0.3) is 0 Å². The molecule has 0 aliphatic heterocycles. The van der Waals surface area contributed by atoms with Crippen LogP contribution in [0.2, 0.25) is 30.2 Å². The van der Waals surface area contributed by atoms with E-state index in [-0.39, 0.29) is 57.6 Å². The highest BCUT2D eigenvalue weighted by atomic mass is 28.4. The van der Waals surface area contributed by atoms with E-state index in [2.05, 4.69) is 44.6 Å². The lowest BCUT2D eigenvalue weighted by molar-refractivity contribution is -0.167. The van der Waals surface area contributed by atoms with Gasteiger partial charge in [-0.2, -0.15) is 0 Å². The lowest BCUT2D eigenvalue weighted by Crippen LogP contribution is -2.46. The van der Waals surface area contributed by atoms with Crippen LogP contribution in [0.15, 0.2) is 25.3 Å². The van der Waals surface area contributed by atoms with Crippen molar-refractivity contribution in [2.24, 2.45) is 34.5 Å². The highest BCUT2D eigenvalue weighted by molar-refractivity contribution is 6.79. The maximum Gasteiger partial charge on any atom is 0.500 e. The summed E-state index contributed by atoms with van der Waals surface area (Å²) < 4.78 is 62.3. The predicted molar refractivity (Wildman–Crippen MR) is 268 cm³/mol. The van der Waals surface area contributed by atoms with E-state index in [0.29, 0.717) is 52.0 Å². The zero-order chi connectivity index (χ0) is 52.5. The standard InChI is InChI=1S/C50H86N2O17Si2/c1-11-39-29-49(39,43(53)59-9)45(55)63-35-41(68-47(57)51-25-19-27-70(16-6,17-7)18-8)33-61-31-37-21-23-38(24-22-37)32-62-34-42(36-64-46(56)50(44(54)60-10)30-40(50)12-2)69-48(58)52-26-20-28-71(65-13-3,66-14-4)67-15-5/h11-12,37-42H,1-2,13-36H2,3-10H3,(H,51,57)(H,52,58). The van der Waals surface area contributed by atoms with Crippen molar-refractivity contribution in [1.29, 1.82) is 0 Å². The molecule has 3 saturated carbocycles. The largest absolute Gasteiger partial charge is 0.500 e. The van der Waals surface area contributed by atoms with Crippen molar-refractivity contribution in [2.45, 2.75) is 135 Å². The fourth-order valence-electron chi connectivity index (χ4n) is 9.56. The van der Waals surface area contributed by atoms with Gasteiger partial charge in [-0.05, 0) is 84.0 Å². The fourth-order valence-corrected chi connectivity index (χ4v) is 15.7. The van der Waals surface area contributed by atoms with Crippen LogP contribution in [0.1, 0.15) is 92.9 Å². The summed E-state index contributed by atoms with van der Waals surface area (Å²) in [4.78, 5) is 77.7. The van der Waals surface area contributed by atoms with Crippen LogP contribution in [-0.2, 0) is 70.4 Å². The summed E-state index contributed by atoms with van der Waals surface area (Å²) in [5.41, 5.74) is -2.93. The molecule has 3 aliphatic carbocycles. The average molecular weight is 1040 g/mol. The number of carbonyl (C=O) groups excluding carboxylic acids is 6. The van der Waals surface area contributed by atoms with Gasteiger partial charge in [-0.15, -0.1) is 13.2 Å². The molecule has 0 heterocycles. The lowest BCUT2D eigenvalue weighted by Gasteiger charge is -2.29. The number of hydrogen-bond acceptors (Lipinski definition) is 17. The number of allylic oxidation sites excluding steroid dienone is 2. The van der Waals surface area contributed by atoms with E-state index in [1.807, 2.05) is 20.8 Å². The molecule has 0 aromatic rings. The summed E-state index contributed by atoms with van der Waals surface area (Å²) in [7, 11) is -1.83. The third-order valence-corrected chi connectivity index (χ3v) is 23.5. The first kappa shape index (κ1) is 61.4. The third-order valence-electron chi connectivity index (χ3n) is 14.5. The molecule has 0 bridgehead atoms. The Hall–Kier alpha value is -3.87. The van der Waals surface area contributed by atoms with Gasteiger partial charge in [0.05, 0.1) is 35.5 Å². The molecule has 3 fully saturated rings. The van der Waals surface area contributed by atoms with Gasteiger partial charge in [0.1, 0.15) is 13.2 Å². The Kier molecular flexibility index (Phi) is 26.8. The lowest BCUT2D eigenvalue weighted by atomic mass is 9.83. The summed E-state index contributed by atoms with van der Waals surface area (Å²) in [6.45, 7) is 21.8. The van der Waals surface area contributed by atoms with Gasteiger partial charge in [-0.3, -0.25) is 19.2 Å². The third kappa shape index (κ3) is 17.9. The van der Waals surface area contributed by atoms with Gasteiger partial charge in [0, 0.05) is 64.0 Å². The van der Waals surface area contributed by atoms with E-state index >= 15 is 0 Å². The van der Waals surface area contributed by atoms with Crippen LogP contribution in [0.5, 0.6) is 0 Å². The fraction of sp³-hybridized carbons (Fsp3) is 0.800. The molecule has 6 atom stereocenters. The van der Waals surface area contributed by atoms with Gasteiger partial charge in [0.15, 0.2) is 23.0 Å². The number of amides is 2. The van der Waals surface area contributed by atoms with Gasteiger partial charge < -0.3 is 61.8 Å². The van der Waals surface area contributed by atoms with Crippen molar-refractivity contribution >= 4 is 52.9 Å². The second kappa shape index (κ2) is 31.0. The second-order valence-electron chi connectivity index (χ2n) is 18.8. The Labute approximate surface area is 424 Å². The molecule has 71 heavy (non-hydrogen) atoms. The molecule has 0 spiro atoms. The molecule has 6 unspecified atom stereocenters. The topological polar surface area (TPSA) is 228 Å². The van der Waals surface area contributed by atoms with Crippen LogP contribution < -0.4 is 10.6 Å². The maximum absolute atomic E-state index is 13.2.